The molecular formula is C20H22N2O2S2. The topological polar surface area (TPSA) is 49.4 Å². The summed E-state index contributed by atoms with van der Waals surface area (Å²) in [6, 6.07) is 13.9. The Bertz CT molecular complexity index is 801. The largest absolute Gasteiger partial charge is 0.346 e. The molecule has 1 aliphatic rings. The lowest BCUT2D eigenvalue weighted by Gasteiger charge is -2.16. The lowest BCUT2D eigenvalue weighted by atomic mass is 10.1. The smallest absolute Gasteiger partial charge is 0.261 e. The number of nitrogens with zero attached hydrogens (tertiary/aromatic N) is 1. The van der Waals surface area contributed by atoms with Crippen LogP contribution in [-0.2, 0) is 4.79 Å². The summed E-state index contributed by atoms with van der Waals surface area (Å²) in [6.45, 7) is 3.30. The number of hydrogen-bond donors (Lipinski definition) is 1. The van der Waals surface area contributed by atoms with Crippen molar-refractivity contribution in [1.82, 2.24) is 10.2 Å². The molecule has 0 bridgehead atoms. The fourth-order valence-electron chi connectivity index (χ4n) is 3.02. The minimum Gasteiger partial charge on any atom is -0.346 e. The number of amides is 2. The molecule has 1 aromatic carbocycles. The molecule has 2 atom stereocenters. The Kier molecular flexibility index (Phi) is 6.16. The van der Waals surface area contributed by atoms with Crippen LogP contribution in [0.15, 0.2) is 53.9 Å². The summed E-state index contributed by atoms with van der Waals surface area (Å²) in [7, 11) is 0. The first-order valence-electron chi connectivity index (χ1n) is 8.53. The van der Waals surface area contributed by atoms with Gasteiger partial charge >= 0.3 is 0 Å². The number of thioether (sulfide) groups is 1. The zero-order valence-corrected chi connectivity index (χ0v) is 16.5. The molecular weight excluding hydrogens is 364 g/mol. The van der Waals surface area contributed by atoms with E-state index in [1.54, 1.807) is 16.4 Å². The maximum absolute atomic E-state index is 12.6. The first kappa shape index (κ1) is 18.7. The maximum Gasteiger partial charge on any atom is 0.261 e. The first-order valence-corrected chi connectivity index (χ1v) is 10.6. The number of carbonyl (C=O) groups excluding carboxylic acids is 2. The van der Waals surface area contributed by atoms with E-state index in [0.717, 1.165) is 10.4 Å². The molecule has 1 saturated heterocycles. The summed E-state index contributed by atoms with van der Waals surface area (Å²) in [5.41, 5.74) is 1.11. The van der Waals surface area contributed by atoms with E-state index in [2.05, 4.69) is 12.2 Å². The van der Waals surface area contributed by atoms with E-state index in [-0.39, 0.29) is 23.8 Å². The predicted octanol–water partition coefficient (Wildman–Crippen LogP) is 3.87. The summed E-state index contributed by atoms with van der Waals surface area (Å²) in [4.78, 5) is 28.3. The molecule has 2 heterocycles. The van der Waals surface area contributed by atoms with Crippen LogP contribution in [0.3, 0.4) is 0 Å². The Morgan fingerprint density at radius 1 is 1.19 bits per heavy atom. The Morgan fingerprint density at radius 2 is 1.96 bits per heavy atom. The van der Waals surface area contributed by atoms with Crippen molar-refractivity contribution in [2.75, 3.05) is 19.3 Å². The van der Waals surface area contributed by atoms with Crippen molar-refractivity contribution in [2.24, 2.45) is 5.92 Å². The molecule has 6 heteroatoms. The number of hydrogen-bond acceptors (Lipinski definition) is 4. The predicted molar refractivity (Wildman–Crippen MR) is 109 cm³/mol. The van der Waals surface area contributed by atoms with E-state index in [4.69, 9.17) is 0 Å². The van der Waals surface area contributed by atoms with Crippen molar-refractivity contribution >= 4 is 34.9 Å². The Morgan fingerprint density at radius 3 is 2.69 bits per heavy atom. The average Bonchev–Trinajstić information content (AvgIpc) is 3.28. The third-order valence-electron chi connectivity index (χ3n) is 4.48. The minimum absolute atomic E-state index is 0.00503. The van der Waals surface area contributed by atoms with Gasteiger partial charge in [-0.1, -0.05) is 37.3 Å². The Labute approximate surface area is 162 Å². The van der Waals surface area contributed by atoms with E-state index in [1.807, 2.05) is 48.7 Å². The molecule has 0 radical (unpaired) electrons. The van der Waals surface area contributed by atoms with Gasteiger partial charge in [-0.15, -0.1) is 23.1 Å². The number of nitrogens with one attached hydrogen (secondary N) is 1. The van der Waals surface area contributed by atoms with Gasteiger partial charge in [-0.25, -0.2) is 0 Å². The molecule has 26 heavy (non-hydrogen) atoms. The van der Waals surface area contributed by atoms with Gasteiger partial charge in [0.2, 0.25) is 5.91 Å². The molecule has 0 saturated carbocycles. The van der Waals surface area contributed by atoms with E-state index in [9.17, 15) is 9.59 Å². The minimum atomic E-state index is -0.0667. The van der Waals surface area contributed by atoms with Gasteiger partial charge in [0.1, 0.15) is 0 Å². The number of carbonyl (C=O) groups is 2. The number of rotatable bonds is 5. The molecule has 1 aliphatic heterocycles. The maximum atomic E-state index is 12.6. The van der Waals surface area contributed by atoms with E-state index < -0.39 is 0 Å². The van der Waals surface area contributed by atoms with Crippen LogP contribution in [0.1, 0.15) is 16.6 Å². The fraction of sp³-hybridized carbons (Fsp3) is 0.300. The fourth-order valence-corrected chi connectivity index (χ4v) is 4.19. The highest BCUT2D eigenvalue weighted by Gasteiger charge is 2.32. The molecule has 0 aliphatic carbocycles. The van der Waals surface area contributed by atoms with Gasteiger partial charge in [0.15, 0.2) is 0 Å². The molecule has 0 spiro atoms. The van der Waals surface area contributed by atoms with Crippen molar-refractivity contribution in [3.8, 4) is 10.4 Å². The zero-order valence-electron chi connectivity index (χ0n) is 14.8. The second-order valence-electron chi connectivity index (χ2n) is 6.37. The molecule has 1 aromatic heterocycles. The Hall–Kier alpha value is -2.05. The average molecular weight is 387 g/mol. The first-order chi connectivity index (χ1) is 12.6. The molecule has 136 valence electrons. The highest BCUT2D eigenvalue weighted by molar-refractivity contribution is 8.01. The van der Waals surface area contributed by atoms with Gasteiger partial charge in [0.05, 0.1) is 10.9 Å². The van der Waals surface area contributed by atoms with Gasteiger partial charge in [-0.2, -0.15) is 0 Å². The van der Waals surface area contributed by atoms with Crippen molar-refractivity contribution in [2.45, 2.75) is 13.0 Å². The van der Waals surface area contributed by atoms with Gasteiger partial charge in [0, 0.05) is 24.0 Å². The van der Waals surface area contributed by atoms with Crippen LogP contribution in [0.2, 0.25) is 0 Å². The lowest BCUT2D eigenvalue weighted by Crippen LogP contribution is -2.40. The van der Waals surface area contributed by atoms with Crippen LogP contribution in [0.25, 0.3) is 10.4 Å². The van der Waals surface area contributed by atoms with E-state index >= 15 is 0 Å². The van der Waals surface area contributed by atoms with Gasteiger partial charge in [-0.3, -0.25) is 9.59 Å². The SMILES string of the molecule is CS/C=C/C(=O)N1C[C@@H](C)[C@H](NC(=O)c2ccc(-c3ccccc3)s2)C1. The van der Waals surface area contributed by atoms with E-state index in [0.29, 0.717) is 18.0 Å². The van der Waals surface area contributed by atoms with Crippen LogP contribution < -0.4 is 5.32 Å². The van der Waals surface area contributed by atoms with Gasteiger partial charge in [-0.05, 0) is 35.3 Å². The number of thiophene rings is 1. The van der Waals surface area contributed by atoms with E-state index in [1.165, 1.54) is 23.1 Å². The number of benzene rings is 1. The van der Waals surface area contributed by atoms with Crippen molar-refractivity contribution in [1.29, 1.82) is 0 Å². The van der Waals surface area contributed by atoms with Crippen LogP contribution in [0.4, 0.5) is 0 Å². The quantitative estimate of drug-likeness (QED) is 0.794. The molecule has 2 amide bonds. The third kappa shape index (κ3) is 4.37. The van der Waals surface area contributed by atoms with Crippen molar-refractivity contribution < 1.29 is 9.59 Å². The summed E-state index contributed by atoms with van der Waals surface area (Å²) in [5, 5.41) is 4.89. The zero-order chi connectivity index (χ0) is 18.5. The summed E-state index contributed by atoms with van der Waals surface area (Å²) >= 11 is 2.99. The van der Waals surface area contributed by atoms with Crippen LogP contribution in [0, 0.1) is 5.92 Å². The monoisotopic (exact) mass is 386 g/mol. The highest BCUT2D eigenvalue weighted by atomic mass is 32.2. The highest BCUT2D eigenvalue weighted by Crippen LogP contribution is 2.28. The van der Waals surface area contributed by atoms with Crippen molar-refractivity contribution in [3.63, 3.8) is 0 Å². The summed E-state index contributed by atoms with van der Waals surface area (Å²) < 4.78 is 0. The number of likely N-dealkylation sites (tertiary alicyclic amines) is 1. The molecule has 1 fully saturated rings. The molecule has 2 aromatic rings. The molecule has 3 rings (SSSR count). The third-order valence-corrected chi connectivity index (χ3v) is 6.02. The van der Waals surface area contributed by atoms with Gasteiger partial charge < -0.3 is 10.2 Å². The summed E-state index contributed by atoms with van der Waals surface area (Å²) in [5.74, 6) is 0.174. The van der Waals surface area contributed by atoms with Crippen molar-refractivity contribution in [3.05, 3.63) is 58.8 Å². The Balaban J connectivity index is 1.62. The molecule has 1 N–H and O–H groups in total. The second-order valence-corrected chi connectivity index (χ2v) is 8.20. The standard InChI is InChI=1S/C20H22N2O2S2/c1-14-12-22(19(23)10-11-25-2)13-16(14)21-20(24)18-9-8-17(26-18)15-6-4-3-5-7-15/h3-11,14,16H,12-13H2,1-2H3,(H,21,24)/b11-10+/t14-,16-/m1/s1. The van der Waals surface area contributed by atoms with Crippen LogP contribution in [-0.4, -0.2) is 42.1 Å². The molecule has 0 unspecified atom stereocenters. The summed E-state index contributed by atoms with van der Waals surface area (Å²) in [6.07, 6.45) is 3.51. The van der Waals surface area contributed by atoms with Crippen LogP contribution in [0.5, 0.6) is 0 Å². The van der Waals surface area contributed by atoms with Crippen LogP contribution >= 0.6 is 23.1 Å². The molecule has 4 nitrogen and oxygen atoms in total. The second kappa shape index (κ2) is 8.56. The lowest BCUT2D eigenvalue weighted by molar-refractivity contribution is -0.125. The van der Waals surface area contributed by atoms with Gasteiger partial charge in [0.25, 0.3) is 5.91 Å². The normalized spacial score (nSPS) is 19.8.